The molecule has 8 unspecified atom stereocenters. The molecule has 2 bridgehead atoms. The maximum Gasteiger partial charge on any atom is 0.307 e. The van der Waals surface area contributed by atoms with Crippen molar-refractivity contribution in [2.75, 3.05) is 6.61 Å². The second-order valence-corrected chi connectivity index (χ2v) is 7.26. The van der Waals surface area contributed by atoms with Crippen molar-refractivity contribution in [2.45, 2.75) is 33.1 Å². The van der Waals surface area contributed by atoms with Crippen molar-refractivity contribution in [3.05, 3.63) is 0 Å². The number of rotatable bonds is 3. The highest BCUT2D eigenvalue weighted by molar-refractivity contribution is 5.74. The first-order chi connectivity index (χ1) is 8.55. The Morgan fingerprint density at radius 2 is 2.17 bits per heavy atom. The number of carboxylic acids is 1. The van der Waals surface area contributed by atoms with Gasteiger partial charge < -0.3 is 10.2 Å². The topological polar surface area (TPSA) is 57.5 Å². The average molecular weight is 250 g/mol. The van der Waals surface area contributed by atoms with Crippen molar-refractivity contribution in [2.24, 2.45) is 46.3 Å². The van der Waals surface area contributed by atoms with E-state index in [2.05, 4.69) is 13.8 Å². The molecule has 0 radical (unpaired) electrons. The maximum atomic E-state index is 11.8. The molecule has 0 aromatic heterocycles. The lowest BCUT2D eigenvalue weighted by atomic mass is 9.68. The minimum Gasteiger partial charge on any atom is -0.481 e. The lowest BCUT2D eigenvalue weighted by Crippen LogP contribution is -2.34. The number of carboxylic acid groups (broad SMARTS) is 1. The number of aliphatic hydroxyl groups excluding tert-OH is 1. The molecule has 4 rings (SSSR count). The van der Waals surface area contributed by atoms with Crippen LogP contribution in [0.5, 0.6) is 0 Å². The summed E-state index contributed by atoms with van der Waals surface area (Å²) in [6.45, 7) is 4.52. The Balaban J connectivity index is 1.90. The van der Waals surface area contributed by atoms with E-state index in [4.69, 9.17) is 0 Å². The predicted octanol–water partition coefficient (Wildman–Crippen LogP) is 2.00. The van der Waals surface area contributed by atoms with Crippen LogP contribution in [0.15, 0.2) is 0 Å². The average Bonchev–Trinajstić information content (AvgIpc) is 2.64. The van der Waals surface area contributed by atoms with Gasteiger partial charge in [0.25, 0.3) is 0 Å². The number of hydrogen-bond donors (Lipinski definition) is 2. The minimum absolute atomic E-state index is 0.00458. The first-order valence-corrected chi connectivity index (χ1v) is 7.39. The van der Waals surface area contributed by atoms with Crippen molar-refractivity contribution in [3.8, 4) is 0 Å². The molecule has 3 heteroatoms. The third kappa shape index (κ3) is 0.799. The first kappa shape index (κ1) is 11.3. The zero-order chi connectivity index (χ0) is 12.9. The molecule has 4 saturated carbocycles. The Morgan fingerprint density at radius 3 is 2.72 bits per heavy atom. The molecule has 0 aliphatic heterocycles. The molecule has 4 aliphatic rings. The van der Waals surface area contributed by atoms with E-state index in [1.165, 1.54) is 12.8 Å². The van der Waals surface area contributed by atoms with E-state index in [1.54, 1.807) is 0 Å². The predicted molar refractivity (Wildman–Crippen MR) is 65.7 cm³/mol. The van der Waals surface area contributed by atoms with Crippen molar-refractivity contribution in [1.82, 2.24) is 0 Å². The highest BCUT2D eigenvalue weighted by atomic mass is 16.4. The quantitative estimate of drug-likeness (QED) is 0.805. The molecule has 0 heterocycles. The van der Waals surface area contributed by atoms with Crippen LogP contribution >= 0.6 is 0 Å². The summed E-state index contributed by atoms with van der Waals surface area (Å²) in [6.07, 6.45) is 3.47. The van der Waals surface area contributed by atoms with Gasteiger partial charge in [0.15, 0.2) is 0 Å². The van der Waals surface area contributed by atoms with Gasteiger partial charge in [0.05, 0.1) is 5.92 Å². The monoisotopic (exact) mass is 250 g/mol. The fourth-order valence-corrected chi connectivity index (χ4v) is 7.36. The van der Waals surface area contributed by atoms with Gasteiger partial charge in [-0.05, 0) is 53.8 Å². The summed E-state index contributed by atoms with van der Waals surface area (Å²) in [5, 5.41) is 19.5. The molecule has 8 atom stereocenters. The SMILES string of the molecule is CCC12CC3CC1C1(C(C)C31)C(C(=O)O)C2CO. The number of fused-ring (bicyclic) bond motifs is 2. The van der Waals surface area contributed by atoms with Crippen LogP contribution in [-0.4, -0.2) is 22.8 Å². The molecule has 4 fully saturated rings. The molecule has 2 N–H and O–H groups in total. The van der Waals surface area contributed by atoms with E-state index in [1.807, 2.05) is 0 Å². The molecule has 0 saturated heterocycles. The smallest absolute Gasteiger partial charge is 0.307 e. The van der Waals surface area contributed by atoms with E-state index in [0.29, 0.717) is 17.8 Å². The number of aliphatic hydroxyl groups is 1. The highest BCUT2D eigenvalue weighted by Crippen LogP contribution is 2.90. The van der Waals surface area contributed by atoms with Crippen LogP contribution < -0.4 is 0 Å². The third-order valence-electron chi connectivity index (χ3n) is 7.58. The van der Waals surface area contributed by atoms with Gasteiger partial charge in [0.2, 0.25) is 0 Å². The Kier molecular flexibility index (Phi) is 1.85. The molecule has 0 aromatic carbocycles. The van der Waals surface area contributed by atoms with Gasteiger partial charge >= 0.3 is 5.97 Å². The van der Waals surface area contributed by atoms with Gasteiger partial charge in [0.1, 0.15) is 0 Å². The number of carbonyl (C=O) groups is 1. The van der Waals surface area contributed by atoms with Crippen molar-refractivity contribution < 1.29 is 15.0 Å². The molecular weight excluding hydrogens is 228 g/mol. The van der Waals surface area contributed by atoms with E-state index < -0.39 is 5.97 Å². The third-order valence-corrected chi connectivity index (χ3v) is 7.58. The molecule has 0 aromatic rings. The van der Waals surface area contributed by atoms with Gasteiger partial charge in [-0.1, -0.05) is 13.8 Å². The van der Waals surface area contributed by atoms with Gasteiger partial charge in [-0.2, -0.15) is 0 Å². The van der Waals surface area contributed by atoms with Crippen LogP contribution in [-0.2, 0) is 4.79 Å². The van der Waals surface area contributed by atoms with Gasteiger partial charge in [0, 0.05) is 12.5 Å². The lowest BCUT2D eigenvalue weighted by Gasteiger charge is -2.36. The zero-order valence-electron chi connectivity index (χ0n) is 11.1. The molecule has 4 aliphatic carbocycles. The fraction of sp³-hybridized carbons (Fsp3) is 0.933. The first-order valence-electron chi connectivity index (χ1n) is 7.39. The van der Waals surface area contributed by atoms with E-state index in [-0.39, 0.29) is 29.3 Å². The maximum absolute atomic E-state index is 11.8. The van der Waals surface area contributed by atoms with Crippen LogP contribution in [0.3, 0.4) is 0 Å². The summed E-state index contributed by atoms with van der Waals surface area (Å²) in [6, 6.07) is 0. The molecule has 100 valence electrons. The van der Waals surface area contributed by atoms with Gasteiger partial charge in [-0.15, -0.1) is 0 Å². The van der Waals surface area contributed by atoms with Gasteiger partial charge in [-0.25, -0.2) is 0 Å². The summed E-state index contributed by atoms with van der Waals surface area (Å²) in [4.78, 5) is 11.8. The second kappa shape index (κ2) is 2.95. The largest absolute Gasteiger partial charge is 0.481 e. The highest BCUT2D eigenvalue weighted by Gasteiger charge is 2.88. The van der Waals surface area contributed by atoms with Crippen molar-refractivity contribution in [3.63, 3.8) is 0 Å². The molecular formula is C15H22O3. The summed E-state index contributed by atoms with van der Waals surface area (Å²) in [5.41, 5.74) is 0.210. The second-order valence-electron chi connectivity index (χ2n) is 7.26. The van der Waals surface area contributed by atoms with Crippen molar-refractivity contribution >= 4 is 5.97 Å². The molecule has 0 amide bonds. The normalized spacial score (nSPS) is 63.1. The summed E-state index contributed by atoms with van der Waals surface area (Å²) in [7, 11) is 0. The fourth-order valence-electron chi connectivity index (χ4n) is 7.36. The van der Waals surface area contributed by atoms with Crippen LogP contribution in [0.2, 0.25) is 0 Å². The lowest BCUT2D eigenvalue weighted by molar-refractivity contribution is -0.146. The summed E-state index contributed by atoms with van der Waals surface area (Å²) >= 11 is 0. The Labute approximate surface area is 108 Å². The van der Waals surface area contributed by atoms with Crippen molar-refractivity contribution in [1.29, 1.82) is 0 Å². The van der Waals surface area contributed by atoms with Crippen LogP contribution in [0.4, 0.5) is 0 Å². The van der Waals surface area contributed by atoms with Crippen LogP contribution in [0.1, 0.15) is 33.1 Å². The van der Waals surface area contributed by atoms with Crippen LogP contribution in [0, 0.1) is 46.3 Å². The summed E-state index contributed by atoms with van der Waals surface area (Å²) < 4.78 is 0. The number of aliphatic carboxylic acids is 1. The van der Waals surface area contributed by atoms with E-state index >= 15 is 0 Å². The molecule has 18 heavy (non-hydrogen) atoms. The van der Waals surface area contributed by atoms with E-state index in [9.17, 15) is 15.0 Å². The Hall–Kier alpha value is -0.570. The van der Waals surface area contributed by atoms with Crippen LogP contribution in [0.25, 0.3) is 0 Å². The Morgan fingerprint density at radius 1 is 1.44 bits per heavy atom. The molecule has 3 nitrogen and oxygen atoms in total. The van der Waals surface area contributed by atoms with E-state index in [0.717, 1.165) is 12.3 Å². The molecule has 1 spiro atoms. The number of hydrogen-bond acceptors (Lipinski definition) is 2. The summed E-state index contributed by atoms with van der Waals surface area (Å²) in [5.74, 6) is 1.64. The minimum atomic E-state index is -0.647. The zero-order valence-corrected chi connectivity index (χ0v) is 11.1. The Bertz CT molecular complexity index is 433. The standard InChI is InChI=1S/C15H22O3/c1-3-14-5-8-4-10(14)15(7(2)11(8)15)12(13(17)18)9(14)6-16/h7-12,16H,3-6H2,1-2H3,(H,17,18). The van der Waals surface area contributed by atoms with Gasteiger partial charge in [-0.3, -0.25) is 4.79 Å².